The van der Waals surface area contributed by atoms with Crippen molar-refractivity contribution in [3.63, 3.8) is 0 Å². The molecule has 114 valence electrons. The molecule has 20 heavy (non-hydrogen) atoms. The van der Waals surface area contributed by atoms with Crippen molar-refractivity contribution in [1.29, 1.82) is 0 Å². The van der Waals surface area contributed by atoms with E-state index in [0.29, 0.717) is 11.7 Å². The molecule has 2 nitrogen and oxygen atoms in total. The van der Waals surface area contributed by atoms with Crippen molar-refractivity contribution in [2.75, 3.05) is 0 Å². The monoisotopic (exact) mass is 278 g/mol. The van der Waals surface area contributed by atoms with E-state index in [-0.39, 0.29) is 11.4 Å². The molecule has 1 N–H and O–H groups in total. The highest BCUT2D eigenvalue weighted by atomic mass is 16.5. The topological polar surface area (TPSA) is 29.5 Å². The second kappa shape index (κ2) is 8.18. The van der Waals surface area contributed by atoms with E-state index in [1.807, 2.05) is 18.2 Å². The molecule has 0 bridgehead atoms. The number of phenolic OH excluding ortho intramolecular Hbond substituents is 1. The number of hydrogen-bond donors (Lipinski definition) is 1. The van der Waals surface area contributed by atoms with E-state index in [9.17, 15) is 5.11 Å². The van der Waals surface area contributed by atoms with Crippen LogP contribution in [-0.4, -0.2) is 10.7 Å². The van der Waals surface area contributed by atoms with Gasteiger partial charge in [0.15, 0.2) is 11.5 Å². The third-order valence-electron chi connectivity index (χ3n) is 4.52. The third kappa shape index (κ3) is 3.91. The number of phenols is 1. The summed E-state index contributed by atoms with van der Waals surface area (Å²) in [5.74, 6) is 1.40. The first-order chi connectivity index (χ1) is 9.63. The molecule has 1 aromatic rings. The lowest BCUT2D eigenvalue weighted by Gasteiger charge is -2.40. The number of unbranched alkanes of at least 4 members (excludes halogenated alkanes) is 1. The molecular formula is C18H30O2. The van der Waals surface area contributed by atoms with Gasteiger partial charge in [-0.15, -0.1) is 0 Å². The molecule has 0 amide bonds. The Morgan fingerprint density at radius 3 is 2.25 bits per heavy atom. The van der Waals surface area contributed by atoms with Gasteiger partial charge in [0.25, 0.3) is 0 Å². The van der Waals surface area contributed by atoms with Gasteiger partial charge < -0.3 is 9.84 Å². The van der Waals surface area contributed by atoms with Crippen molar-refractivity contribution < 1.29 is 9.84 Å². The molecule has 0 fully saturated rings. The van der Waals surface area contributed by atoms with Crippen molar-refractivity contribution >= 4 is 0 Å². The molecule has 0 aliphatic heterocycles. The molecule has 0 saturated carbocycles. The van der Waals surface area contributed by atoms with Gasteiger partial charge in [0.2, 0.25) is 0 Å². The lowest BCUT2D eigenvalue weighted by atomic mass is 9.78. The van der Waals surface area contributed by atoms with Crippen LogP contribution in [0.4, 0.5) is 0 Å². The van der Waals surface area contributed by atoms with Crippen molar-refractivity contribution in [2.24, 2.45) is 5.92 Å². The van der Waals surface area contributed by atoms with E-state index in [4.69, 9.17) is 4.74 Å². The average Bonchev–Trinajstić information content (AvgIpc) is 2.48. The minimum atomic E-state index is -0.164. The van der Waals surface area contributed by atoms with Crippen LogP contribution in [0.15, 0.2) is 24.3 Å². The second-order valence-electron chi connectivity index (χ2n) is 5.59. The Morgan fingerprint density at radius 1 is 1.10 bits per heavy atom. The van der Waals surface area contributed by atoms with Crippen LogP contribution in [0.3, 0.4) is 0 Å². The number of aromatic hydroxyl groups is 1. The molecule has 1 rings (SSSR count). The molecule has 0 heterocycles. The first-order valence-electron chi connectivity index (χ1n) is 8.10. The van der Waals surface area contributed by atoms with E-state index in [2.05, 4.69) is 27.7 Å². The van der Waals surface area contributed by atoms with Gasteiger partial charge in [0.05, 0.1) is 0 Å². The van der Waals surface area contributed by atoms with E-state index >= 15 is 0 Å². The molecule has 0 radical (unpaired) electrons. The highest BCUT2D eigenvalue weighted by molar-refractivity contribution is 5.38. The SMILES string of the molecule is CCCCC(CC)C(CC)(CC)Oc1ccccc1O. The maximum atomic E-state index is 9.97. The lowest BCUT2D eigenvalue weighted by Crippen LogP contribution is -2.42. The molecule has 0 spiro atoms. The minimum Gasteiger partial charge on any atom is -0.504 e. The van der Waals surface area contributed by atoms with Crippen LogP contribution in [0.2, 0.25) is 0 Å². The fraction of sp³-hybridized carbons (Fsp3) is 0.667. The summed E-state index contributed by atoms with van der Waals surface area (Å²) >= 11 is 0. The molecule has 1 unspecified atom stereocenters. The number of para-hydroxylation sites is 2. The van der Waals surface area contributed by atoms with Crippen LogP contribution in [0, 0.1) is 5.92 Å². The fourth-order valence-corrected chi connectivity index (χ4v) is 3.11. The number of benzene rings is 1. The van der Waals surface area contributed by atoms with Gasteiger partial charge in [-0.25, -0.2) is 0 Å². The van der Waals surface area contributed by atoms with Gasteiger partial charge in [-0.2, -0.15) is 0 Å². The standard InChI is InChI=1S/C18H30O2/c1-5-9-12-15(6-2)18(7-3,8-4)20-17-14-11-10-13-16(17)19/h10-11,13-15,19H,5-9,12H2,1-4H3. The summed E-state index contributed by atoms with van der Waals surface area (Å²) < 4.78 is 6.33. The van der Waals surface area contributed by atoms with Crippen LogP contribution in [0.5, 0.6) is 11.5 Å². The first kappa shape index (κ1) is 16.9. The number of ether oxygens (including phenoxy) is 1. The van der Waals surface area contributed by atoms with Crippen LogP contribution in [0.25, 0.3) is 0 Å². The first-order valence-corrected chi connectivity index (χ1v) is 8.10. The number of hydrogen-bond acceptors (Lipinski definition) is 2. The molecule has 0 aromatic heterocycles. The summed E-state index contributed by atoms with van der Waals surface area (Å²) in [6.45, 7) is 8.86. The predicted octanol–water partition coefficient (Wildman–Crippen LogP) is 5.55. The van der Waals surface area contributed by atoms with Crippen LogP contribution >= 0.6 is 0 Å². The summed E-state index contributed by atoms with van der Waals surface area (Å²) in [6, 6.07) is 7.30. The summed E-state index contributed by atoms with van der Waals surface area (Å²) in [4.78, 5) is 0. The largest absolute Gasteiger partial charge is 0.504 e. The van der Waals surface area contributed by atoms with Crippen molar-refractivity contribution in [2.45, 2.75) is 71.8 Å². The molecular weight excluding hydrogens is 248 g/mol. The zero-order valence-electron chi connectivity index (χ0n) is 13.5. The zero-order chi connectivity index (χ0) is 15.0. The maximum Gasteiger partial charge on any atom is 0.161 e. The van der Waals surface area contributed by atoms with Gasteiger partial charge in [0, 0.05) is 0 Å². The zero-order valence-corrected chi connectivity index (χ0v) is 13.5. The van der Waals surface area contributed by atoms with Gasteiger partial charge in [-0.05, 0) is 43.7 Å². The Kier molecular flexibility index (Phi) is 6.90. The van der Waals surface area contributed by atoms with Crippen molar-refractivity contribution in [3.8, 4) is 11.5 Å². The summed E-state index contributed by atoms with van der Waals surface area (Å²) in [5.41, 5.74) is -0.164. The minimum absolute atomic E-state index is 0.164. The van der Waals surface area contributed by atoms with E-state index in [1.165, 1.54) is 19.3 Å². The van der Waals surface area contributed by atoms with E-state index in [0.717, 1.165) is 19.3 Å². The lowest BCUT2D eigenvalue weighted by molar-refractivity contribution is -0.00828. The Labute approximate surface area is 124 Å². The molecule has 2 heteroatoms. The summed E-state index contributed by atoms with van der Waals surface area (Å²) in [6.07, 6.45) is 6.72. The van der Waals surface area contributed by atoms with Crippen LogP contribution in [0.1, 0.15) is 66.2 Å². The van der Waals surface area contributed by atoms with Gasteiger partial charge in [-0.1, -0.05) is 52.7 Å². The maximum absolute atomic E-state index is 9.97. The highest BCUT2D eigenvalue weighted by Crippen LogP contribution is 2.39. The molecule has 0 aliphatic carbocycles. The molecule has 1 aromatic carbocycles. The van der Waals surface area contributed by atoms with Crippen LogP contribution in [-0.2, 0) is 0 Å². The quantitative estimate of drug-likeness (QED) is 0.642. The Balaban J connectivity index is 2.98. The predicted molar refractivity (Wildman–Crippen MR) is 85.4 cm³/mol. The van der Waals surface area contributed by atoms with Gasteiger partial charge >= 0.3 is 0 Å². The van der Waals surface area contributed by atoms with Crippen molar-refractivity contribution in [3.05, 3.63) is 24.3 Å². The van der Waals surface area contributed by atoms with Crippen molar-refractivity contribution in [1.82, 2.24) is 0 Å². The highest BCUT2D eigenvalue weighted by Gasteiger charge is 2.36. The average molecular weight is 278 g/mol. The van der Waals surface area contributed by atoms with Gasteiger partial charge in [0.1, 0.15) is 5.60 Å². The fourth-order valence-electron chi connectivity index (χ4n) is 3.11. The Hall–Kier alpha value is -1.18. The smallest absolute Gasteiger partial charge is 0.161 e. The van der Waals surface area contributed by atoms with Crippen LogP contribution < -0.4 is 4.74 Å². The second-order valence-corrected chi connectivity index (χ2v) is 5.59. The summed E-state index contributed by atoms with van der Waals surface area (Å²) in [5, 5.41) is 9.97. The molecule has 0 aliphatic rings. The molecule has 1 atom stereocenters. The summed E-state index contributed by atoms with van der Waals surface area (Å²) in [7, 11) is 0. The van der Waals surface area contributed by atoms with E-state index in [1.54, 1.807) is 6.07 Å². The Morgan fingerprint density at radius 2 is 1.75 bits per heavy atom. The van der Waals surface area contributed by atoms with Gasteiger partial charge in [-0.3, -0.25) is 0 Å². The molecule has 0 saturated heterocycles. The third-order valence-corrected chi connectivity index (χ3v) is 4.52. The Bertz CT molecular complexity index is 383. The van der Waals surface area contributed by atoms with E-state index < -0.39 is 0 Å². The number of rotatable bonds is 9. The normalized spacial score (nSPS) is 13.2.